The number of nitrogens with two attached hydrogens (primary N) is 1. The van der Waals surface area contributed by atoms with Gasteiger partial charge in [0.25, 0.3) is 5.91 Å². The van der Waals surface area contributed by atoms with Crippen LogP contribution in [-0.4, -0.2) is 32.4 Å². The van der Waals surface area contributed by atoms with Gasteiger partial charge in [-0.25, -0.2) is 9.97 Å². The number of halogens is 1. The molecule has 1 amide bonds. The Morgan fingerprint density at radius 2 is 2.11 bits per heavy atom. The molecule has 1 aromatic carbocycles. The maximum absolute atomic E-state index is 13.3. The molecular formula is C27H25ClN8O. The van der Waals surface area contributed by atoms with Crippen LogP contribution in [0.3, 0.4) is 0 Å². The van der Waals surface area contributed by atoms with Crippen LogP contribution >= 0.6 is 11.6 Å². The van der Waals surface area contributed by atoms with E-state index in [1.807, 2.05) is 44.2 Å². The Bertz CT molecular complexity index is 1590. The van der Waals surface area contributed by atoms with E-state index in [0.717, 1.165) is 27.9 Å². The number of allylic oxidation sites excluding steroid dienone is 1. The number of fused-ring (bicyclic) bond motifs is 1. The predicted octanol–water partition coefficient (Wildman–Crippen LogP) is 4.81. The second-order valence-electron chi connectivity index (χ2n) is 8.60. The lowest BCUT2D eigenvalue weighted by Crippen LogP contribution is -2.25. The number of nitrogens with zero attached hydrogens (tertiary/aromatic N) is 6. The second-order valence-corrected chi connectivity index (χ2v) is 9.19. The topological polar surface area (TPSA) is 135 Å². The summed E-state index contributed by atoms with van der Waals surface area (Å²) in [5.74, 6) is 0.0603. The van der Waals surface area contributed by atoms with E-state index in [9.17, 15) is 10.1 Å². The fraction of sp³-hybridized carbons (Fsp3) is 0.185. The lowest BCUT2D eigenvalue weighted by atomic mass is 10.1. The highest BCUT2D eigenvalue weighted by atomic mass is 35.5. The van der Waals surface area contributed by atoms with Crippen molar-refractivity contribution in [2.45, 2.75) is 33.9 Å². The van der Waals surface area contributed by atoms with Crippen molar-refractivity contribution in [3.05, 3.63) is 80.9 Å². The highest BCUT2D eigenvalue weighted by Crippen LogP contribution is 2.26. The van der Waals surface area contributed by atoms with Crippen LogP contribution in [0.25, 0.3) is 17.0 Å². The molecule has 3 aromatic heterocycles. The van der Waals surface area contributed by atoms with Crippen molar-refractivity contribution in [3.63, 3.8) is 0 Å². The second kappa shape index (κ2) is 10.6. The molecule has 0 aliphatic rings. The van der Waals surface area contributed by atoms with Crippen LogP contribution in [0.15, 0.2) is 46.6 Å². The van der Waals surface area contributed by atoms with E-state index >= 15 is 0 Å². The van der Waals surface area contributed by atoms with Crippen molar-refractivity contribution in [1.82, 2.24) is 25.1 Å². The summed E-state index contributed by atoms with van der Waals surface area (Å²) in [5.41, 5.74) is 11.9. The zero-order valence-electron chi connectivity index (χ0n) is 20.7. The minimum Gasteiger partial charge on any atom is -0.384 e. The normalized spacial score (nSPS) is 11.4. The molecule has 4 aromatic rings. The van der Waals surface area contributed by atoms with Gasteiger partial charge in [-0.15, -0.1) is 0 Å². The highest BCUT2D eigenvalue weighted by Gasteiger charge is 2.19. The van der Waals surface area contributed by atoms with Gasteiger partial charge in [0, 0.05) is 28.2 Å². The van der Waals surface area contributed by atoms with Crippen molar-refractivity contribution < 1.29 is 4.79 Å². The lowest BCUT2D eigenvalue weighted by molar-refractivity contribution is 0.0946. The first kappa shape index (κ1) is 25.5. The third-order valence-corrected chi connectivity index (χ3v) is 6.02. The maximum atomic E-state index is 13.3. The number of rotatable bonds is 7. The van der Waals surface area contributed by atoms with Crippen LogP contribution in [0, 0.1) is 25.2 Å². The van der Waals surface area contributed by atoms with Crippen LogP contribution in [-0.2, 0) is 13.1 Å². The number of aromatic nitrogens is 4. The van der Waals surface area contributed by atoms with Crippen LogP contribution < -0.4 is 11.1 Å². The molecule has 0 bridgehead atoms. The van der Waals surface area contributed by atoms with E-state index in [4.69, 9.17) is 17.3 Å². The number of carbonyl (C=O) groups excluding carboxylic acids is 1. The number of aliphatic imine (C=N–C) groups is 1. The van der Waals surface area contributed by atoms with Gasteiger partial charge in [0.15, 0.2) is 5.69 Å². The van der Waals surface area contributed by atoms with Gasteiger partial charge < -0.3 is 11.1 Å². The van der Waals surface area contributed by atoms with Gasteiger partial charge in [0.1, 0.15) is 17.6 Å². The fourth-order valence-electron chi connectivity index (χ4n) is 4.18. The zero-order chi connectivity index (χ0) is 26.7. The Hall–Kier alpha value is -4.55. The molecular weight excluding hydrogens is 488 g/mol. The molecule has 10 heteroatoms. The Balaban J connectivity index is 1.70. The molecule has 0 saturated heterocycles. The summed E-state index contributed by atoms with van der Waals surface area (Å²) in [7, 11) is 0. The number of anilines is 1. The number of hydrogen-bond donors (Lipinski definition) is 2. The van der Waals surface area contributed by atoms with Gasteiger partial charge in [0.2, 0.25) is 0 Å². The lowest BCUT2D eigenvalue weighted by Gasteiger charge is -2.11. The SMILES string of the molecule is C=Nc1ccc(Cn2nc(C(=O)NCc3c(C)cc(N)nc3C)c3cc(C#N)ncc32)cc1/C=C(\C)Cl. The van der Waals surface area contributed by atoms with Crippen LogP contribution in [0.5, 0.6) is 0 Å². The molecule has 0 fully saturated rings. The van der Waals surface area contributed by atoms with E-state index in [1.165, 1.54) is 0 Å². The number of benzene rings is 1. The monoisotopic (exact) mass is 512 g/mol. The van der Waals surface area contributed by atoms with Gasteiger partial charge in [-0.1, -0.05) is 17.7 Å². The first-order valence-electron chi connectivity index (χ1n) is 11.4. The van der Waals surface area contributed by atoms with Crippen LogP contribution in [0.4, 0.5) is 11.5 Å². The summed E-state index contributed by atoms with van der Waals surface area (Å²) in [4.78, 5) is 25.8. The third-order valence-electron chi connectivity index (χ3n) is 5.92. The van der Waals surface area contributed by atoms with Gasteiger partial charge in [-0.05, 0) is 74.5 Å². The molecule has 3 N–H and O–H groups in total. The summed E-state index contributed by atoms with van der Waals surface area (Å²) >= 11 is 6.09. The molecule has 0 atom stereocenters. The van der Waals surface area contributed by atoms with E-state index in [1.54, 1.807) is 29.9 Å². The molecule has 0 spiro atoms. The van der Waals surface area contributed by atoms with Crippen LogP contribution in [0.2, 0.25) is 0 Å². The average molecular weight is 513 g/mol. The van der Waals surface area contributed by atoms with E-state index in [-0.39, 0.29) is 23.8 Å². The fourth-order valence-corrected chi connectivity index (χ4v) is 4.30. The van der Waals surface area contributed by atoms with Crippen molar-refractivity contribution in [1.29, 1.82) is 5.26 Å². The molecule has 0 aliphatic heterocycles. The van der Waals surface area contributed by atoms with Gasteiger partial charge in [0.05, 0.1) is 23.9 Å². The quantitative estimate of drug-likeness (QED) is 0.341. The number of pyridine rings is 2. The van der Waals surface area contributed by atoms with Gasteiger partial charge in [-0.3, -0.25) is 14.5 Å². The minimum absolute atomic E-state index is 0.196. The molecule has 3 heterocycles. The first-order valence-corrected chi connectivity index (χ1v) is 11.8. The average Bonchev–Trinajstić information content (AvgIpc) is 3.20. The maximum Gasteiger partial charge on any atom is 0.272 e. The number of hydrogen-bond acceptors (Lipinski definition) is 7. The number of aryl methyl sites for hydroxylation is 2. The van der Waals surface area contributed by atoms with Crippen molar-refractivity contribution in [2.24, 2.45) is 4.99 Å². The van der Waals surface area contributed by atoms with Gasteiger partial charge in [-0.2, -0.15) is 10.4 Å². The Morgan fingerprint density at radius 3 is 2.78 bits per heavy atom. The highest BCUT2D eigenvalue weighted by molar-refractivity contribution is 6.31. The van der Waals surface area contributed by atoms with E-state index < -0.39 is 0 Å². The first-order chi connectivity index (χ1) is 17.7. The largest absolute Gasteiger partial charge is 0.384 e. The standard InChI is InChI=1S/C27H25ClN8O/c1-15-7-25(30)34-17(3)22(15)12-33-27(37)26-21-10-20(11-29)32-13-24(21)36(35-26)14-18-5-6-23(31-4)19(9-18)8-16(2)28/h5-10,13H,4,12,14H2,1-3H3,(H2,30,34)(H,33,37)/b16-8+. The van der Waals surface area contributed by atoms with E-state index in [0.29, 0.717) is 34.0 Å². The molecule has 0 radical (unpaired) electrons. The van der Waals surface area contributed by atoms with Crippen molar-refractivity contribution in [3.8, 4) is 6.07 Å². The summed E-state index contributed by atoms with van der Waals surface area (Å²) in [6.07, 6.45) is 3.37. The van der Waals surface area contributed by atoms with E-state index in [2.05, 4.69) is 32.1 Å². The van der Waals surface area contributed by atoms with Crippen LogP contribution in [0.1, 0.15) is 51.1 Å². The molecule has 37 heavy (non-hydrogen) atoms. The summed E-state index contributed by atoms with van der Waals surface area (Å²) in [5, 5.41) is 18.1. The summed E-state index contributed by atoms with van der Waals surface area (Å²) < 4.78 is 1.69. The summed E-state index contributed by atoms with van der Waals surface area (Å²) in [6.45, 7) is 9.79. The molecule has 0 aliphatic carbocycles. The molecule has 0 saturated carbocycles. The Morgan fingerprint density at radius 1 is 1.32 bits per heavy atom. The molecule has 9 nitrogen and oxygen atoms in total. The number of nitriles is 1. The van der Waals surface area contributed by atoms with Gasteiger partial charge >= 0.3 is 0 Å². The minimum atomic E-state index is -0.373. The van der Waals surface area contributed by atoms with Crippen molar-refractivity contribution in [2.75, 3.05) is 5.73 Å². The Kier molecular flexibility index (Phi) is 7.32. The Labute approximate surface area is 219 Å². The number of amides is 1. The molecule has 186 valence electrons. The summed E-state index contributed by atoms with van der Waals surface area (Å²) in [6, 6.07) is 11.1. The third kappa shape index (κ3) is 5.50. The van der Waals surface area contributed by atoms with Crippen molar-refractivity contribution >= 4 is 52.7 Å². The predicted molar refractivity (Wildman–Crippen MR) is 146 cm³/mol. The number of nitrogens with one attached hydrogen (secondary N) is 1. The number of carbonyl (C=O) groups is 1. The number of nitrogen functional groups attached to an aromatic ring is 1. The molecule has 4 rings (SSSR count). The smallest absolute Gasteiger partial charge is 0.272 e. The zero-order valence-corrected chi connectivity index (χ0v) is 21.5. The molecule has 0 unspecified atom stereocenters.